The van der Waals surface area contributed by atoms with E-state index < -0.39 is 0 Å². The second-order valence-corrected chi connectivity index (χ2v) is 8.27. The van der Waals surface area contributed by atoms with Crippen LogP contribution in [-0.2, 0) is 12.8 Å². The van der Waals surface area contributed by atoms with E-state index in [4.69, 9.17) is 6.42 Å². The maximum absolute atomic E-state index is 5.56. The Bertz CT molecular complexity index is 706. The van der Waals surface area contributed by atoms with Crippen molar-refractivity contribution in [1.29, 1.82) is 0 Å². The van der Waals surface area contributed by atoms with E-state index >= 15 is 0 Å². The Hall–Kier alpha value is -2.00. The van der Waals surface area contributed by atoms with Gasteiger partial charge in [-0.15, -0.1) is 12.3 Å². The van der Waals surface area contributed by atoms with E-state index in [1.807, 2.05) is 0 Å². The molecule has 3 rings (SSSR count). The van der Waals surface area contributed by atoms with E-state index in [-0.39, 0.29) is 0 Å². The molecule has 0 radical (unpaired) electrons. The van der Waals surface area contributed by atoms with Gasteiger partial charge in [0.15, 0.2) is 0 Å². The van der Waals surface area contributed by atoms with Crippen LogP contribution in [0.4, 0.5) is 0 Å². The van der Waals surface area contributed by atoms with Crippen LogP contribution in [0.1, 0.15) is 69.4 Å². The first-order valence-corrected chi connectivity index (χ1v) is 10.9. The van der Waals surface area contributed by atoms with Gasteiger partial charge in [0.25, 0.3) is 0 Å². The largest absolute Gasteiger partial charge is 0.120 e. The minimum Gasteiger partial charge on any atom is -0.120 e. The summed E-state index contributed by atoms with van der Waals surface area (Å²) in [5.41, 5.74) is 5.58. The number of hydrogen-bond acceptors (Lipinski definition) is 0. The molecule has 0 unspecified atom stereocenters. The SMILES string of the molecule is C#C[C@H]1CC[C@H](CCc2ccc(-c3ccc(CCCCC)cc3)cc2)CC1. The van der Waals surface area contributed by atoms with E-state index in [2.05, 4.69) is 61.4 Å². The highest BCUT2D eigenvalue weighted by Gasteiger charge is 2.19. The van der Waals surface area contributed by atoms with Gasteiger partial charge >= 0.3 is 0 Å². The summed E-state index contributed by atoms with van der Waals surface area (Å²) in [4.78, 5) is 0. The Kier molecular flexibility index (Phi) is 7.58. The van der Waals surface area contributed by atoms with Gasteiger partial charge in [0.05, 0.1) is 0 Å². The smallest absolute Gasteiger partial charge is 0.0200 e. The van der Waals surface area contributed by atoms with E-state index in [0.717, 1.165) is 5.92 Å². The van der Waals surface area contributed by atoms with Crippen molar-refractivity contribution in [2.24, 2.45) is 11.8 Å². The molecule has 0 heteroatoms. The van der Waals surface area contributed by atoms with Gasteiger partial charge in [0.2, 0.25) is 0 Å². The van der Waals surface area contributed by atoms with Crippen LogP contribution in [0.2, 0.25) is 0 Å². The van der Waals surface area contributed by atoms with Gasteiger partial charge in [-0.25, -0.2) is 0 Å². The second kappa shape index (κ2) is 10.4. The molecule has 1 fully saturated rings. The van der Waals surface area contributed by atoms with E-state index in [1.165, 1.54) is 86.5 Å². The summed E-state index contributed by atoms with van der Waals surface area (Å²) in [6.07, 6.45) is 18.3. The first kappa shape index (κ1) is 19.8. The molecule has 0 aliphatic heterocycles. The summed E-state index contributed by atoms with van der Waals surface area (Å²) in [5.74, 6) is 4.35. The van der Waals surface area contributed by atoms with Crippen LogP contribution in [0.15, 0.2) is 48.5 Å². The molecule has 0 bridgehead atoms. The Balaban J connectivity index is 1.49. The topological polar surface area (TPSA) is 0 Å². The zero-order chi connectivity index (χ0) is 18.9. The molecule has 1 aliphatic carbocycles. The van der Waals surface area contributed by atoms with Crippen molar-refractivity contribution in [1.82, 2.24) is 0 Å². The minimum absolute atomic E-state index is 0.540. The van der Waals surface area contributed by atoms with E-state index in [0.29, 0.717) is 5.92 Å². The van der Waals surface area contributed by atoms with E-state index in [1.54, 1.807) is 0 Å². The average molecular weight is 359 g/mol. The predicted molar refractivity (Wildman–Crippen MR) is 118 cm³/mol. The average Bonchev–Trinajstić information content (AvgIpc) is 2.74. The molecule has 0 aromatic heterocycles. The number of unbranched alkanes of at least 4 members (excludes halogenated alkanes) is 2. The van der Waals surface area contributed by atoms with Gasteiger partial charge in [0.1, 0.15) is 0 Å². The number of rotatable bonds is 8. The number of benzene rings is 2. The van der Waals surface area contributed by atoms with Crippen LogP contribution in [0.5, 0.6) is 0 Å². The molecule has 27 heavy (non-hydrogen) atoms. The second-order valence-electron chi connectivity index (χ2n) is 8.27. The quantitative estimate of drug-likeness (QED) is 0.339. The summed E-state index contributed by atoms with van der Waals surface area (Å²) in [5, 5.41) is 0. The summed E-state index contributed by atoms with van der Waals surface area (Å²) < 4.78 is 0. The first-order valence-electron chi connectivity index (χ1n) is 10.9. The third-order valence-corrected chi connectivity index (χ3v) is 6.23. The Morgan fingerprint density at radius 2 is 1.33 bits per heavy atom. The highest BCUT2D eigenvalue weighted by Crippen LogP contribution is 2.31. The molecule has 0 nitrogen and oxygen atoms in total. The molecule has 0 amide bonds. The molecule has 0 atom stereocenters. The summed E-state index contributed by atoms with van der Waals surface area (Å²) in [7, 11) is 0. The monoisotopic (exact) mass is 358 g/mol. The van der Waals surface area contributed by atoms with Crippen LogP contribution < -0.4 is 0 Å². The lowest BCUT2D eigenvalue weighted by Crippen LogP contribution is -2.13. The van der Waals surface area contributed by atoms with Crippen molar-refractivity contribution in [3.05, 3.63) is 59.7 Å². The molecule has 0 saturated heterocycles. The maximum Gasteiger partial charge on any atom is 0.0200 e. The fourth-order valence-corrected chi connectivity index (χ4v) is 4.30. The lowest BCUT2D eigenvalue weighted by Gasteiger charge is -2.25. The Morgan fingerprint density at radius 3 is 1.85 bits per heavy atom. The normalized spacial score (nSPS) is 19.6. The standard InChI is InChI=1S/C27H34/c1-3-5-6-7-23-14-18-26(19-15-23)27-20-16-25(17-21-27)13-12-24-10-8-22(4-2)9-11-24/h2,14-22,24H,3,5-13H2,1H3/t22-,24-. The lowest BCUT2D eigenvalue weighted by atomic mass is 9.80. The van der Waals surface area contributed by atoms with Crippen molar-refractivity contribution in [2.45, 2.75) is 71.1 Å². The summed E-state index contributed by atoms with van der Waals surface area (Å²) in [6.45, 7) is 2.26. The van der Waals surface area contributed by atoms with Crippen LogP contribution in [0.3, 0.4) is 0 Å². The van der Waals surface area contributed by atoms with Gasteiger partial charge in [0, 0.05) is 5.92 Å². The molecular formula is C27H34. The summed E-state index contributed by atoms with van der Waals surface area (Å²) in [6, 6.07) is 18.4. The summed E-state index contributed by atoms with van der Waals surface area (Å²) >= 11 is 0. The molecule has 0 heterocycles. The molecule has 1 saturated carbocycles. The highest BCUT2D eigenvalue weighted by molar-refractivity contribution is 5.63. The van der Waals surface area contributed by atoms with Gasteiger partial charge in [-0.2, -0.15) is 0 Å². The fourth-order valence-electron chi connectivity index (χ4n) is 4.30. The van der Waals surface area contributed by atoms with Crippen LogP contribution in [-0.4, -0.2) is 0 Å². The molecule has 2 aromatic rings. The van der Waals surface area contributed by atoms with Crippen LogP contribution in [0.25, 0.3) is 11.1 Å². The van der Waals surface area contributed by atoms with Gasteiger partial charge in [-0.05, 0) is 79.5 Å². The Morgan fingerprint density at radius 1 is 0.778 bits per heavy atom. The molecule has 142 valence electrons. The van der Waals surface area contributed by atoms with Crippen molar-refractivity contribution in [3.8, 4) is 23.5 Å². The zero-order valence-electron chi connectivity index (χ0n) is 16.9. The zero-order valence-corrected chi connectivity index (χ0v) is 16.9. The Labute approximate surface area is 166 Å². The first-order chi connectivity index (χ1) is 13.3. The fraction of sp³-hybridized carbons (Fsp3) is 0.481. The van der Waals surface area contributed by atoms with Gasteiger partial charge in [-0.1, -0.05) is 68.3 Å². The molecule has 1 aliphatic rings. The third-order valence-electron chi connectivity index (χ3n) is 6.23. The number of terminal acetylenes is 1. The predicted octanol–water partition coefficient (Wildman–Crippen LogP) is 7.46. The molecule has 0 spiro atoms. The number of hydrogen-bond donors (Lipinski definition) is 0. The van der Waals surface area contributed by atoms with Crippen LogP contribution in [0, 0.1) is 24.2 Å². The maximum atomic E-state index is 5.56. The minimum atomic E-state index is 0.540. The highest BCUT2D eigenvalue weighted by atomic mass is 14.2. The van der Waals surface area contributed by atoms with Gasteiger partial charge in [-0.3, -0.25) is 0 Å². The van der Waals surface area contributed by atoms with Crippen molar-refractivity contribution in [3.63, 3.8) is 0 Å². The number of aryl methyl sites for hydroxylation is 2. The van der Waals surface area contributed by atoms with Crippen molar-refractivity contribution >= 4 is 0 Å². The van der Waals surface area contributed by atoms with Gasteiger partial charge < -0.3 is 0 Å². The molecular weight excluding hydrogens is 324 g/mol. The molecule has 2 aromatic carbocycles. The third kappa shape index (κ3) is 6.00. The lowest BCUT2D eigenvalue weighted by molar-refractivity contribution is 0.302. The van der Waals surface area contributed by atoms with Crippen LogP contribution >= 0.6 is 0 Å². The molecule has 0 N–H and O–H groups in total. The van der Waals surface area contributed by atoms with Crippen molar-refractivity contribution in [2.75, 3.05) is 0 Å². The van der Waals surface area contributed by atoms with Crippen molar-refractivity contribution < 1.29 is 0 Å². The van der Waals surface area contributed by atoms with E-state index in [9.17, 15) is 0 Å².